The average Bonchev–Trinajstić information content (AvgIpc) is 3.13. The summed E-state index contributed by atoms with van der Waals surface area (Å²) >= 11 is 0. The molecular formula is C19H24O4. The van der Waals surface area contributed by atoms with Crippen LogP contribution >= 0.6 is 0 Å². The molecule has 1 N–H and O–H groups in total. The van der Waals surface area contributed by atoms with E-state index < -0.39 is 6.10 Å². The summed E-state index contributed by atoms with van der Waals surface area (Å²) in [5, 5.41) is 10.2. The van der Waals surface area contributed by atoms with Crippen molar-refractivity contribution in [1.29, 1.82) is 0 Å². The summed E-state index contributed by atoms with van der Waals surface area (Å²) in [7, 11) is 0. The van der Waals surface area contributed by atoms with Gasteiger partial charge in [0.2, 0.25) is 0 Å². The predicted octanol–water partition coefficient (Wildman–Crippen LogP) is 2.19. The van der Waals surface area contributed by atoms with Crippen LogP contribution in [-0.4, -0.2) is 34.5 Å². The molecule has 4 fully saturated rings. The van der Waals surface area contributed by atoms with Gasteiger partial charge in [0.25, 0.3) is 0 Å². The summed E-state index contributed by atoms with van der Waals surface area (Å²) in [5.41, 5.74) is 0.462. The molecule has 0 aromatic carbocycles. The van der Waals surface area contributed by atoms with E-state index in [-0.39, 0.29) is 28.3 Å². The van der Waals surface area contributed by atoms with E-state index in [9.17, 15) is 14.7 Å². The van der Waals surface area contributed by atoms with Crippen LogP contribution in [0.2, 0.25) is 0 Å². The molecule has 0 amide bonds. The van der Waals surface area contributed by atoms with Crippen molar-refractivity contribution in [3.63, 3.8) is 0 Å². The Labute approximate surface area is 136 Å². The van der Waals surface area contributed by atoms with E-state index in [0.717, 1.165) is 25.7 Å². The third-order valence-corrected chi connectivity index (χ3v) is 8.08. The Bertz CT molecular complexity index is 666. The van der Waals surface area contributed by atoms with Gasteiger partial charge >= 0.3 is 0 Å². The van der Waals surface area contributed by atoms with Crippen LogP contribution in [0, 0.1) is 22.7 Å². The number of epoxide rings is 1. The first-order valence-electron chi connectivity index (χ1n) is 8.97. The van der Waals surface area contributed by atoms with Crippen molar-refractivity contribution in [3.8, 4) is 0 Å². The maximum Gasteiger partial charge on any atom is 0.184 e. The van der Waals surface area contributed by atoms with Crippen molar-refractivity contribution in [3.05, 3.63) is 11.6 Å². The van der Waals surface area contributed by atoms with Crippen LogP contribution in [0.5, 0.6) is 0 Å². The van der Waals surface area contributed by atoms with Crippen molar-refractivity contribution >= 4 is 11.6 Å². The molecule has 7 atom stereocenters. The lowest BCUT2D eigenvalue weighted by Crippen LogP contribution is -2.58. The number of ether oxygens (including phenoxy) is 1. The van der Waals surface area contributed by atoms with E-state index in [1.165, 1.54) is 5.57 Å². The molecule has 4 heteroatoms. The molecule has 1 unspecified atom stereocenters. The summed E-state index contributed by atoms with van der Waals surface area (Å²) < 4.78 is 6.36. The van der Waals surface area contributed by atoms with E-state index in [1.54, 1.807) is 6.08 Å². The van der Waals surface area contributed by atoms with Crippen molar-refractivity contribution in [1.82, 2.24) is 0 Å². The quantitative estimate of drug-likeness (QED) is 0.696. The molecule has 23 heavy (non-hydrogen) atoms. The van der Waals surface area contributed by atoms with E-state index in [4.69, 9.17) is 4.74 Å². The van der Waals surface area contributed by atoms with E-state index >= 15 is 0 Å². The molecular weight excluding hydrogens is 292 g/mol. The zero-order valence-electron chi connectivity index (χ0n) is 13.8. The molecule has 1 saturated heterocycles. The van der Waals surface area contributed by atoms with Crippen LogP contribution in [0.15, 0.2) is 11.6 Å². The summed E-state index contributed by atoms with van der Waals surface area (Å²) in [5.74, 6) is 1.06. The molecule has 0 bridgehead atoms. The normalized spacial score (nSPS) is 57.1. The minimum atomic E-state index is -0.903. The highest BCUT2D eigenvalue weighted by atomic mass is 16.6. The first kappa shape index (κ1) is 14.4. The minimum absolute atomic E-state index is 0.116. The largest absolute Gasteiger partial charge is 0.385 e. The Balaban J connectivity index is 1.61. The fraction of sp³-hybridized carbons (Fsp3) is 0.789. The first-order chi connectivity index (χ1) is 10.8. The van der Waals surface area contributed by atoms with Crippen molar-refractivity contribution < 1.29 is 19.4 Å². The van der Waals surface area contributed by atoms with Gasteiger partial charge < -0.3 is 9.84 Å². The Kier molecular flexibility index (Phi) is 2.48. The maximum atomic E-state index is 12.5. The van der Waals surface area contributed by atoms with Gasteiger partial charge in [0.15, 0.2) is 5.78 Å². The fourth-order valence-corrected chi connectivity index (χ4v) is 6.84. The molecule has 0 radical (unpaired) electrons. The van der Waals surface area contributed by atoms with E-state index in [0.29, 0.717) is 30.5 Å². The Morgan fingerprint density at radius 2 is 1.87 bits per heavy atom. The van der Waals surface area contributed by atoms with Gasteiger partial charge in [0.05, 0.1) is 6.10 Å². The maximum absolute atomic E-state index is 12.5. The number of carbonyl (C=O) groups excluding carboxylic acids is 2. The van der Waals surface area contributed by atoms with E-state index in [1.807, 2.05) is 0 Å². The molecule has 5 rings (SSSR count). The molecule has 1 heterocycles. The van der Waals surface area contributed by atoms with Crippen LogP contribution in [0.25, 0.3) is 0 Å². The minimum Gasteiger partial charge on any atom is -0.385 e. The zero-order valence-corrected chi connectivity index (χ0v) is 13.8. The summed E-state index contributed by atoms with van der Waals surface area (Å²) in [4.78, 5) is 24.4. The number of aliphatic hydroxyl groups excluding tert-OH is 1. The number of ketones is 2. The number of Topliss-reactive ketones (excluding diaryl/α,β-unsaturated/α-hetero) is 1. The second kappa shape index (κ2) is 3.97. The van der Waals surface area contributed by atoms with Gasteiger partial charge in [-0.1, -0.05) is 19.4 Å². The Morgan fingerprint density at radius 1 is 1.13 bits per heavy atom. The molecule has 0 aromatic rings. The molecule has 3 saturated carbocycles. The van der Waals surface area contributed by atoms with Gasteiger partial charge in [-0.2, -0.15) is 0 Å². The second-order valence-electron chi connectivity index (χ2n) is 8.86. The summed E-state index contributed by atoms with van der Waals surface area (Å²) in [6.07, 6.45) is 5.79. The lowest BCUT2D eigenvalue weighted by Gasteiger charge is -2.55. The second-order valence-corrected chi connectivity index (χ2v) is 8.86. The third kappa shape index (κ3) is 1.42. The highest BCUT2D eigenvalue weighted by molar-refractivity contribution is 5.95. The molecule has 1 spiro atoms. The molecule has 124 valence electrons. The highest BCUT2D eigenvalue weighted by Crippen LogP contribution is 2.74. The van der Waals surface area contributed by atoms with Crippen molar-refractivity contribution in [2.24, 2.45) is 22.7 Å². The van der Waals surface area contributed by atoms with Crippen LogP contribution < -0.4 is 0 Å². The average molecular weight is 316 g/mol. The van der Waals surface area contributed by atoms with Crippen LogP contribution in [0.4, 0.5) is 0 Å². The topological polar surface area (TPSA) is 66.9 Å². The van der Waals surface area contributed by atoms with Gasteiger partial charge in [0.1, 0.15) is 17.5 Å². The van der Waals surface area contributed by atoms with Crippen molar-refractivity contribution in [2.75, 3.05) is 0 Å². The monoisotopic (exact) mass is 316 g/mol. The molecule has 4 aliphatic carbocycles. The van der Waals surface area contributed by atoms with Crippen LogP contribution in [-0.2, 0) is 14.3 Å². The predicted molar refractivity (Wildman–Crippen MR) is 82.6 cm³/mol. The smallest absolute Gasteiger partial charge is 0.184 e. The van der Waals surface area contributed by atoms with Gasteiger partial charge in [-0.3, -0.25) is 9.59 Å². The van der Waals surface area contributed by atoms with Crippen molar-refractivity contribution in [2.45, 2.75) is 70.2 Å². The van der Waals surface area contributed by atoms with Gasteiger partial charge in [-0.15, -0.1) is 0 Å². The van der Waals surface area contributed by atoms with E-state index in [2.05, 4.69) is 13.8 Å². The molecule has 1 aliphatic heterocycles. The Hall–Kier alpha value is -1.00. The lowest BCUT2D eigenvalue weighted by molar-refractivity contribution is -0.131. The standard InChI is InChI=1S/C19H24O4/c1-17-9-16-19(23-16)12(11(17)5-6-15(17)22)4-3-10-7-13(20)14(21)8-18(10,19)2/h7,11-12,14,16,21H,3-6,8-9H2,1-2H3/t11-,12-,14?,16+,17-,18-,19-/m0/s1. The number of hydrogen-bond acceptors (Lipinski definition) is 4. The number of carbonyl (C=O) groups is 2. The Morgan fingerprint density at radius 3 is 2.65 bits per heavy atom. The number of hydrogen-bond donors (Lipinski definition) is 1. The van der Waals surface area contributed by atoms with Gasteiger partial charge in [-0.25, -0.2) is 0 Å². The third-order valence-electron chi connectivity index (χ3n) is 8.08. The summed E-state index contributed by atoms with van der Waals surface area (Å²) in [6, 6.07) is 0. The number of aliphatic hydroxyl groups is 1. The zero-order chi connectivity index (χ0) is 16.2. The first-order valence-corrected chi connectivity index (χ1v) is 8.97. The molecule has 5 aliphatic rings. The van der Waals surface area contributed by atoms with Crippen LogP contribution in [0.1, 0.15) is 52.4 Å². The van der Waals surface area contributed by atoms with Gasteiger partial charge in [0, 0.05) is 17.3 Å². The van der Waals surface area contributed by atoms with Gasteiger partial charge in [-0.05, 0) is 50.0 Å². The van der Waals surface area contributed by atoms with Crippen LogP contribution in [0.3, 0.4) is 0 Å². The number of fused-ring (bicyclic) bond motifs is 3. The number of rotatable bonds is 0. The highest BCUT2D eigenvalue weighted by Gasteiger charge is 2.79. The SMILES string of the molecule is C[C@]12CC(O)C(=O)C=C1CC[C@H]1[C@@H]3CCC(=O)[C@@]3(C)C[C@H]3O[C@]312. The molecule has 0 aromatic heterocycles. The molecule has 4 nitrogen and oxygen atoms in total. The lowest BCUT2D eigenvalue weighted by atomic mass is 9.47. The summed E-state index contributed by atoms with van der Waals surface area (Å²) in [6.45, 7) is 4.33. The fourth-order valence-electron chi connectivity index (χ4n) is 6.84.